The number of para-hydroxylation sites is 1. The van der Waals surface area contributed by atoms with Crippen molar-refractivity contribution in [3.8, 4) is 0 Å². The molecule has 0 aliphatic carbocycles. The summed E-state index contributed by atoms with van der Waals surface area (Å²) in [7, 11) is -0.878. The quantitative estimate of drug-likeness (QED) is 0.476. The summed E-state index contributed by atoms with van der Waals surface area (Å²) in [6.07, 6.45) is -0.568. The average Bonchev–Trinajstić information content (AvgIpc) is 2.81. The van der Waals surface area contributed by atoms with Gasteiger partial charge in [-0.15, -0.1) is 0 Å². The van der Waals surface area contributed by atoms with Crippen LogP contribution in [0.2, 0.25) is 5.02 Å². The van der Waals surface area contributed by atoms with Crippen LogP contribution in [0.15, 0.2) is 53.4 Å². The van der Waals surface area contributed by atoms with Crippen LogP contribution in [-0.2, 0) is 14.8 Å². The minimum Gasteiger partial charge on any atom is -0.394 e. The van der Waals surface area contributed by atoms with Crippen LogP contribution < -0.4 is 5.32 Å². The number of benzene rings is 2. The van der Waals surface area contributed by atoms with Gasteiger partial charge in [0.1, 0.15) is 5.82 Å². The number of nitrogens with one attached hydrogen (secondary N) is 1. The number of sulfonamides is 1. The van der Waals surface area contributed by atoms with Gasteiger partial charge in [0.2, 0.25) is 10.0 Å². The lowest BCUT2D eigenvalue weighted by atomic mass is 10.0. The van der Waals surface area contributed by atoms with Crippen molar-refractivity contribution in [3.63, 3.8) is 0 Å². The molecular weight excluding hydrogens is 485 g/mol. The van der Waals surface area contributed by atoms with Gasteiger partial charge in [0, 0.05) is 38.2 Å². The van der Waals surface area contributed by atoms with Crippen molar-refractivity contribution in [2.45, 2.75) is 30.9 Å². The molecule has 0 radical (unpaired) electrons. The summed E-state index contributed by atoms with van der Waals surface area (Å²) in [5.74, 6) is -0.905. The lowest BCUT2D eigenvalue weighted by Gasteiger charge is -2.34. The van der Waals surface area contributed by atoms with Gasteiger partial charge in [0.15, 0.2) is 0 Å². The largest absolute Gasteiger partial charge is 0.394 e. The van der Waals surface area contributed by atoms with Crippen LogP contribution in [0.1, 0.15) is 13.8 Å². The molecule has 0 unspecified atom stereocenters. The van der Waals surface area contributed by atoms with Crippen molar-refractivity contribution in [1.29, 1.82) is 0 Å². The van der Waals surface area contributed by atoms with Crippen LogP contribution in [0, 0.1) is 11.7 Å². The first-order valence-corrected chi connectivity index (χ1v) is 12.5. The van der Waals surface area contributed by atoms with Crippen molar-refractivity contribution < 1.29 is 27.4 Å². The zero-order chi connectivity index (χ0) is 25.5. The minimum atomic E-state index is -3.79. The number of carbonyl (C=O) groups is 1. The van der Waals surface area contributed by atoms with Crippen molar-refractivity contribution in [2.24, 2.45) is 5.92 Å². The molecule has 34 heavy (non-hydrogen) atoms. The van der Waals surface area contributed by atoms with Gasteiger partial charge in [-0.1, -0.05) is 30.7 Å². The first kappa shape index (κ1) is 28.0. The number of nitrogens with zero attached hydrogens (tertiary/aromatic N) is 2. The van der Waals surface area contributed by atoms with E-state index in [1.807, 2.05) is 6.92 Å². The summed E-state index contributed by atoms with van der Waals surface area (Å²) >= 11 is 5.86. The van der Waals surface area contributed by atoms with Gasteiger partial charge in [-0.25, -0.2) is 17.6 Å². The highest BCUT2D eigenvalue weighted by atomic mass is 35.5. The van der Waals surface area contributed by atoms with E-state index in [0.29, 0.717) is 5.02 Å². The summed E-state index contributed by atoms with van der Waals surface area (Å²) in [5.41, 5.74) is 0.0207. The van der Waals surface area contributed by atoms with Gasteiger partial charge in [0.05, 0.1) is 29.3 Å². The van der Waals surface area contributed by atoms with Crippen LogP contribution in [0.5, 0.6) is 0 Å². The second kappa shape index (κ2) is 12.5. The van der Waals surface area contributed by atoms with Gasteiger partial charge < -0.3 is 20.1 Å². The number of ether oxygens (including phenoxy) is 1. The molecule has 0 aliphatic rings. The summed E-state index contributed by atoms with van der Waals surface area (Å²) in [6, 6.07) is 10.5. The fourth-order valence-corrected chi connectivity index (χ4v) is 4.67. The van der Waals surface area contributed by atoms with Crippen molar-refractivity contribution in [1.82, 2.24) is 9.21 Å². The number of likely N-dealkylation sites (N-methyl/N-ethyl adjacent to an activating group) is 1. The molecule has 0 spiro atoms. The van der Waals surface area contributed by atoms with Crippen molar-refractivity contribution in [2.75, 3.05) is 39.2 Å². The predicted molar refractivity (Wildman–Crippen MR) is 130 cm³/mol. The van der Waals surface area contributed by atoms with Gasteiger partial charge in [-0.3, -0.25) is 0 Å². The molecule has 2 aromatic carbocycles. The van der Waals surface area contributed by atoms with Crippen LogP contribution in [0.25, 0.3) is 0 Å². The van der Waals surface area contributed by atoms with E-state index in [0.717, 1.165) is 0 Å². The zero-order valence-electron chi connectivity index (χ0n) is 19.6. The van der Waals surface area contributed by atoms with E-state index in [9.17, 15) is 22.7 Å². The van der Waals surface area contributed by atoms with Gasteiger partial charge in [-0.2, -0.15) is 4.31 Å². The number of aliphatic hydroxyl groups excluding tert-OH is 1. The first-order valence-electron chi connectivity index (χ1n) is 10.7. The molecule has 3 atom stereocenters. The number of hydrogen-bond donors (Lipinski definition) is 2. The fraction of sp³-hybridized carbons (Fsp3) is 0.435. The molecule has 0 bridgehead atoms. The minimum absolute atomic E-state index is 0.0207. The Hall–Kier alpha value is -2.24. The number of carbonyl (C=O) groups excluding carboxylic acids is 1. The molecule has 2 aromatic rings. The smallest absolute Gasteiger partial charge is 0.322 e. The van der Waals surface area contributed by atoms with Crippen LogP contribution in [0.3, 0.4) is 0 Å². The summed E-state index contributed by atoms with van der Waals surface area (Å²) in [5, 5.41) is 12.6. The second-order valence-electron chi connectivity index (χ2n) is 8.08. The molecule has 0 heterocycles. The van der Waals surface area contributed by atoms with Gasteiger partial charge >= 0.3 is 6.03 Å². The number of halogens is 2. The summed E-state index contributed by atoms with van der Waals surface area (Å²) in [6.45, 7) is 3.32. The number of methoxy groups -OCH3 is 1. The van der Waals surface area contributed by atoms with Crippen molar-refractivity contribution in [3.05, 3.63) is 59.4 Å². The van der Waals surface area contributed by atoms with E-state index < -0.39 is 34.0 Å². The maximum Gasteiger partial charge on any atom is 0.322 e. The third kappa shape index (κ3) is 7.13. The number of urea groups is 1. The highest BCUT2D eigenvalue weighted by Gasteiger charge is 2.30. The van der Waals surface area contributed by atoms with Crippen LogP contribution in [-0.4, -0.2) is 74.8 Å². The van der Waals surface area contributed by atoms with Crippen molar-refractivity contribution >= 4 is 33.3 Å². The first-order chi connectivity index (χ1) is 16.0. The Morgan fingerprint density at radius 3 is 2.32 bits per heavy atom. The van der Waals surface area contributed by atoms with E-state index in [2.05, 4.69) is 5.32 Å². The Morgan fingerprint density at radius 2 is 1.76 bits per heavy atom. The molecule has 11 heteroatoms. The number of amides is 2. The average molecular weight is 516 g/mol. The lowest BCUT2D eigenvalue weighted by molar-refractivity contribution is 0.0305. The normalized spacial score (nSPS) is 14.5. The number of aliphatic hydroxyl groups is 1. The molecule has 0 aliphatic heterocycles. The third-order valence-corrected chi connectivity index (χ3v) is 7.64. The predicted octanol–water partition coefficient (Wildman–Crippen LogP) is 3.67. The molecular formula is C23H31ClFN3O5S. The molecule has 0 aromatic heterocycles. The van der Waals surface area contributed by atoms with E-state index in [1.165, 1.54) is 65.8 Å². The Bertz CT molecular complexity index is 1050. The third-order valence-electron chi connectivity index (χ3n) is 5.55. The standard InChI is InChI=1S/C23H31ClFN3O5S/c1-16(13-28(17(2)15-29)23(30)26-21-8-6-5-7-20(21)25)22(33-4)14-27(3)34(31,32)19-11-9-18(24)10-12-19/h5-12,16-17,22,29H,13-15H2,1-4H3,(H,26,30)/t16-,17+,22-/m1/s1. The Labute approximate surface area is 205 Å². The number of rotatable bonds is 11. The maximum absolute atomic E-state index is 14.0. The summed E-state index contributed by atoms with van der Waals surface area (Å²) < 4.78 is 46.6. The lowest BCUT2D eigenvalue weighted by Crippen LogP contribution is -2.49. The van der Waals surface area contributed by atoms with E-state index in [-0.39, 0.29) is 36.2 Å². The topological polar surface area (TPSA) is 99.2 Å². The molecule has 2 rings (SSSR count). The van der Waals surface area contributed by atoms with E-state index in [4.69, 9.17) is 16.3 Å². The SMILES string of the molecule is CO[C@H](CN(C)S(=O)(=O)c1ccc(Cl)cc1)[C@H](C)CN(C(=O)Nc1ccccc1F)[C@@H](C)CO. The molecule has 8 nitrogen and oxygen atoms in total. The molecule has 2 N–H and O–H groups in total. The van der Waals surface area contributed by atoms with Gasteiger partial charge in [-0.05, 0) is 43.3 Å². The van der Waals surface area contributed by atoms with E-state index >= 15 is 0 Å². The van der Waals surface area contributed by atoms with Gasteiger partial charge in [0.25, 0.3) is 0 Å². The maximum atomic E-state index is 14.0. The molecule has 0 fully saturated rings. The Kier molecular flexibility index (Phi) is 10.3. The van der Waals surface area contributed by atoms with E-state index in [1.54, 1.807) is 13.0 Å². The van der Waals surface area contributed by atoms with Crippen LogP contribution >= 0.6 is 11.6 Å². The monoisotopic (exact) mass is 515 g/mol. The number of anilines is 1. The second-order valence-corrected chi connectivity index (χ2v) is 10.6. The Balaban J connectivity index is 2.14. The molecule has 188 valence electrons. The molecule has 2 amide bonds. The highest BCUT2D eigenvalue weighted by Crippen LogP contribution is 2.21. The highest BCUT2D eigenvalue weighted by molar-refractivity contribution is 7.89. The summed E-state index contributed by atoms with van der Waals surface area (Å²) in [4.78, 5) is 14.4. The molecule has 0 saturated carbocycles. The number of hydrogen-bond acceptors (Lipinski definition) is 5. The Morgan fingerprint density at radius 1 is 1.15 bits per heavy atom. The van der Waals surface area contributed by atoms with Crippen LogP contribution in [0.4, 0.5) is 14.9 Å². The fourth-order valence-electron chi connectivity index (χ4n) is 3.36. The molecule has 0 saturated heterocycles. The zero-order valence-corrected chi connectivity index (χ0v) is 21.2.